The van der Waals surface area contributed by atoms with Crippen LogP contribution in [0.2, 0.25) is 5.02 Å². The topological polar surface area (TPSA) is 54.5 Å². The molecule has 0 radical (unpaired) electrons. The van der Waals surface area contributed by atoms with E-state index in [1.54, 1.807) is 20.8 Å². The highest BCUT2D eigenvalue weighted by Crippen LogP contribution is 2.20. The Balaban J connectivity index is 2.89. The number of nitrogens with zero attached hydrogens (tertiary/aromatic N) is 1. The zero-order valence-electron chi connectivity index (χ0n) is 13.0. The Kier molecular flexibility index (Phi) is 6.81. The van der Waals surface area contributed by atoms with E-state index in [0.29, 0.717) is 6.54 Å². The van der Waals surface area contributed by atoms with Crippen molar-refractivity contribution in [1.82, 2.24) is 4.90 Å². The number of likely N-dealkylation sites (N-methyl/N-ethyl adjacent to an activating group) is 1. The van der Waals surface area contributed by atoms with Gasteiger partial charge in [0.25, 0.3) is 0 Å². The predicted molar refractivity (Wildman–Crippen MR) is 86.3 cm³/mol. The van der Waals surface area contributed by atoms with Crippen LogP contribution in [0.25, 0.3) is 0 Å². The summed E-state index contributed by atoms with van der Waals surface area (Å²) < 4.78 is 37.2. The van der Waals surface area contributed by atoms with E-state index in [4.69, 9.17) is 11.6 Å². The summed E-state index contributed by atoms with van der Waals surface area (Å²) in [5.74, 6) is -0.949. The lowest BCUT2D eigenvalue weighted by atomic mass is 10.1. The minimum absolute atomic E-state index is 0.0300. The van der Waals surface area contributed by atoms with Gasteiger partial charge < -0.3 is 4.90 Å². The van der Waals surface area contributed by atoms with Gasteiger partial charge in [-0.3, -0.25) is 4.79 Å². The number of rotatable bonds is 7. The molecule has 22 heavy (non-hydrogen) atoms. The Morgan fingerprint density at radius 2 is 2.00 bits per heavy atom. The second-order valence-corrected chi connectivity index (χ2v) is 7.91. The third-order valence-electron chi connectivity index (χ3n) is 3.52. The van der Waals surface area contributed by atoms with Crippen LogP contribution in [-0.4, -0.2) is 43.3 Å². The van der Waals surface area contributed by atoms with Gasteiger partial charge in [-0.15, -0.1) is 0 Å². The van der Waals surface area contributed by atoms with E-state index in [1.165, 1.54) is 23.1 Å². The van der Waals surface area contributed by atoms with E-state index in [-0.39, 0.29) is 34.4 Å². The molecule has 7 heteroatoms. The Bertz CT molecular complexity index is 613. The van der Waals surface area contributed by atoms with Crippen LogP contribution in [0.4, 0.5) is 4.39 Å². The molecule has 0 unspecified atom stereocenters. The van der Waals surface area contributed by atoms with E-state index >= 15 is 0 Å². The molecular weight excluding hydrogens is 329 g/mol. The number of hydrogen-bond acceptors (Lipinski definition) is 3. The maximum absolute atomic E-state index is 13.8. The summed E-state index contributed by atoms with van der Waals surface area (Å²) in [6.45, 7) is 5.36. The molecule has 1 aromatic rings. The standard InChI is InChI=1S/C15H21ClFNO3S/c1-4-18(11(3)10-22(20,21)5-2)15(19)9-12-13(16)7-6-8-14(12)17/h6-8,11H,4-5,9-10H2,1-3H3/t11-/m0/s1. The van der Waals surface area contributed by atoms with Crippen LogP contribution in [0, 0.1) is 5.82 Å². The van der Waals surface area contributed by atoms with Gasteiger partial charge >= 0.3 is 0 Å². The van der Waals surface area contributed by atoms with Gasteiger partial charge in [0, 0.05) is 28.9 Å². The average molecular weight is 350 g/mol. The third-order valence-corrected chi connectivity index (χ3v) is 5.74. The van der Waals surface area contributed by atoms with Crippen molar-refractivity contribution in [3.63, 3.8) is 0 Å². The summed E-state index contributed by atoms with van der Waals surface area (Å²) >= 11 is 5.92. The molecule has 0 aliphatic heterocycles. The van der Waals surface area contributed by atoms with Gasteiger partial charge in [-0.05, 0) is 26.0 Å². The van der Waals surface area contributed by atoms with Crippen LogP contribution in [0.15, 0.2) is 18.2 Å². The van der Waals surface area contributed by atoms with Gasteiger partial charge in [0.15, 0.2) is 9.84 Å². The van der Waals surface area contributed by atoms with Crippen molar-refractivity contribution < 1.29 is 17.6 Å². The molecule has 4 nitrogen and oxygen atoms in total. The highest BCUT2D eigenvalue weighted by Gasteiger charge is 2.24. The highest BCUT2D eigenvalue weighted by atomic mass is 35.5. The number of halogens is 2. The van der Waals surface area contributed by atoms with Gasteiger partial charge in [-0.1, -0.05) is 24.6 Å². The maximum Gasteiger partial charge on any atom is 0.227 e. The molecule has 0 fully saturated rings. The Morgan fingerprint density at radius 1 is 1.36 bits per heavy atom. The molecule has 0 aliphatic rings. The van der Waals surface area contributed by atoms with Crippen molar-refractivity contribution in [3.8, 4) is 0 Å². The molecular formula is C15H21ClFNO3S. The lowest BCUT2D eigenvalue weighted by molar-refractivity contribution is -0.131. The van der Waals surface area contributed by atoms with Crippen LogP contribution in [-0.2, 0) is 21.1 Å². The first-order valence-electron chi connectivity index (χ1n) is 7.14. The molecule has 1 atom stereocenters. The summed E-state index contributed by atoms with van der Waals surface area (Å²) in [5, 5.41) is 0.193. The lowest BCUT2D eigenvalue weighted by Crippen LogP contribution is -2.43. The van der Waals surface area contributed by atoms with Gasteiger partial charge in [-0.2, -0.15) is 0 Å². The highest BCUT2D eigenvalue weighted by molar-refractivity contribution is 7.91. The SMILES string of the molecule is CCN(C(=O)Cc1c(F)cccc1Cl)[C@@H](C)CS(=O)(=O)CC. The maximum atomic E-state index is 13.8. The monoisotopic (exact) mass is 349 g/mol. The Labute approximate surface area is 136 Å². The molecule has 1 amide bonds. The molecule has 0 spiro atoms. The molecule has 1 aromatic carbocycles. The smallest absolute Gasteiger partial charge is 0.227 e. The van der Waals surface area contributed by atoms with Crippen molar-refractivity contribution in [3.05, 3.63) is 34.6 Å². The molecule has 124 valence electrons. The van der Waals surface area contributed by atoms with Gasteiger partial charge in [0.2, 0.25) is 5.91 Å². The summed E-state index contributed by atoms with van der Waals surface area (Å²) in [4.78, 5) is 13.8. The fourth-order valence-electron chi connectivity index (χ4n) is 2.26. The van der Waals surface area contributed by atoms with Crippen LogP contribution in [0.3, 0.4) is 0 Å². The quantitative estimate of drug-likeness (QED) is 0.760. The second-order valence-electron chi connectivity index (χ2n) is 5.10. The summed E-state index contributed by atoms with van der Waals surface area (Å²) in [7, 11) is -3.19. The van der Waals surface area contributed by atoms with E-state index in [1.807, 2.05) is 0 Å². The number of benzene rings is 1. The van der Waals surface area contributed by atoms with Crippen LogP contribution in [0.1, 0.15) is 26.3 Å². The van der Waals surface area contributed by atoms with E-state index in [2.05, 4.69) is 0 Å². The molecule has 0 aliphatic carbocycles. The lowest BCUT2D eigenvalue weighted by Gasteiger charge is -2.28. The fraction of sp³-hybridized carbons (Fsp3) is 0.533. The van der Waals surface area contributed by atoms with Crippen LogP contribution >= 0.6 is 11.6 Å². The number of sulfone groups is 1. The van der Waals surface area contributed by atoms with Crippen molar-refractivity contribution in [2.75, 3.05) is 18.1 Å². The number of carbonyl (C=O) groups excluding carboxylic acids is 1. The van der Waals surface area contributed by atoms with Crippen molar-refractivity contribution in [2.24, 2.45) is 0 Å². The third kappa shape index (κ3) is 4.95. The Morgan fingerprint density at radius 3 is 2.50 bits per heavy atom. The molecule has 0 bridgehead atoms. The molecule has 0 saturated heterocycles. The number of hydrogen-bond donors (Lipinski definition) is 0. The van der Waals surface area contributed by atoms with Crippen molar-refractivity contribution in [1.29, 1.82) is 0 Å². The first-order chi connectivity index (χ1) is 10.2. The molecule has 0 aromatic heterocycles. The molecule has 0 heterocycles. The van der Waals surface area contributed by atoms with Gasteiger partial charge in [0.05, 0.1) is 12.2 Å². The van der Waals surface area contributed by atoms with Gasteiger partial charge in [0.1, 0.15) is 5.82 Å². The van der Waals surface area contributed by atoms with Crippen LogP contribution < -0.4 is 0 Å². The van der Waals surface area contributed by atoms with E-state index in [9.17, 15) is 17.6 Å². The molecule has 0 N–H and O–H groups in total. The largest absolute Gasteiger partial charge is 0.339 e. The first-order valence-corrected chi connectivity index (χ1v) is 9.34. The minimum atomic E-state index is -3.19. The Hall–Kier alpha value is -1.14. The second kappa shape index (κ2) is 7.92. The predicted octanol–water partition coefficient (Wildman–Crippen LogP) is 2.69. The number of amides is 1. The first kappa shape index (κ1) is 18.9. The summed E-state index contributed by atoms with van der Waals surface area (Å²) in [5.41, 5.74) is 0.137. The molecule has 1 rings (SSSR count). The zero-order chi connectivity index (χ0) is 16.9. The zero-order valence-corrected chi connectivity index (χ0v) is 14.5. The normalized spacial score (nSPS) is 13.0. The van der Waals surface area contributed by atoms with E-state index < -0.39 is 21.7 Å². The van der Waals surface area contributed by atoms with Crippen molar-refractivity contribution in [2.45, 2.75) is 33.2 Å². The van der Waals surface area contributed by atoms with Gasteiger partial charge in [-0.25, -0.2) is 12.8 Å². The average Bonchev–Trinajstić information content (AvgIpc) is 2.43. The van der Waals surface area contributed by atoms with Crippen molar-refractivity contribution >= 4 is 27.3 Å². The minimum Gasteiger partial charge on any atom is -0.339 e. The number of carbonyl (C=O) groups is 1. The fourth-order valence-corrected chi connectivity index (χ4v) is 3.64. The molecule has 0 saturated carbocycles. The summed E-state index contributed by atoms with van der Waals surface area (Å²) in [6.07, 6.45) is -0.185. The van der Waals surface area contributed by atoms with E-state index in [0.717, 1.165) is 0 Å². The summed E-state index contributed by atoms with van der Waals surface area (Å²) in [6, 6.07) is 3.78. The van der Waals surface area contributed by atoms with Crippen LogP contribution in [0.5, 0.6) is 0 Å².